The Morgan fingerprint density at radius 3 is 2.33 bits per heavy atom. The molecule has 34 valence electrons. The largest absolute Gasteiger partial charge is 0.0933 e. The summed E-state index contributed by atoms with van der Waals surface area (Å²) in [4.78, 5) is 0. The molecule has 0 aromatic heterocycles. The number of allylic oxidation sites excluding steroid dienone is 1. The molecule has 0 unspecified atom stereocenters. The molecule has 0 bridgehead atoms. The first kappa shape index (κ1) is 4.20. The van der Waals surface area contributed by atoms with Gasteiger partial charge in [-0.1, -0.05) is 17.7 Å². The zero-order chi connectivity index (χ0) is 4.41. The lowest BCUT2D eigenvalue weighted by molar-refractivity contribution is 1.13. The fourth-order valence-electron chi connectivity index (χ4n) is 0.392. The van der Waals surface area contributed by atoms with E-state index < -0.39 is 0 Å². The van der Waals surface area contributed by atoms with Gasteiger partial charge >= 0.3 is 0 Å². The molecular formula is C5H7Cl. The molecule has 0 saturated heterocycles. The van der Waals surface area contributed by atoms with Crippen LogP contribution in [0.1, 0.15) is 12.8 Å². The van der Waals surface area contributed by atoms with Crippen molar-refractivity contribution in [1.82, 2.24) is 0 Å². The standard InChI is InChI=1S/C5H7Cl/c6-4-3-5-1-2-5/h3-5H,1-2H2. The van der Waals surface area contributed by atoms with Gasteiger partial charge < -0.3 is 0 Å². The molecule has 0 aliphatic heterocycles. The fraction of sp³-hybridized carbons (Fsp3) is 0.600. The monoisotopic (exact) mass is 102 g/mol. The molecule has 1 saturated carbocycles. The SMILES string of the molecule is ClC=CC1CC1. The van der Waals surface area contributed by atoms with Gasteiger partial charge in [0, 0.05) is 5.54 Å². The lowest BCUT2D eigenvalue weighted by atomic mass is 10.4. The highest BCUT2D eigenvalue weighted by atomic mass is 35.5. The third kappa shape index (κ3) is 1.02. The van der Waals surface area contributed by atoms with Gasteiger partial charge in [0.2, 0.25) is 0 Å². The maximum Gasteiger partial charge on any atom is 0.000525 e. The number of hydrogen-bond donors (Lipinski definition) is 0. The van der Waals surface area contributed by atoms with Gasteiger partial charge in [-0.15, -0.1) is 0 Å². The first-order valence-electron chi connectivity index (χ1n) is 2.20. The van der Waals surface area contributed by atoms with Gasteiger partial charge in [-0.3, -0.25) is 0 Å². The van der Waals surface area contributed by atoms with E-state index in [0.717, 1.165) is 5.92 Å². The molecular weight excluding hydrogens is 95.5 g/mol. The van der Waals surface area contributed by atoms with Crippen molar-refractivity contribution in [3.05, 3.63) is 11.6 Å². The van der Waals surface area contributed by atoms with Crippen LogP contribution in [0.2, 0.25) is 0 Å². The van der Waals surface area contributed by atoms with Crippen molar-refractivity contribution in [2.75, 3.05) is 0 Å². The maximum absolute atomic E-state index is 5.26. The van der Waals surface area contributed by atoms with Crippen molar-refractivity contribution in [1.29, 1.82) is 0 Å². The average molecular weight is 103 g/mol. The minimum atomic E-state index is 0.836. The van der Waals surface area contributed by atoms with Gasteiger partial charge in [-0.25, -0.2) is 0 Å². The Morgan fingerprint density at radius 1 is 1.50 bits per heavy atom. The van der Waals surface area contributed by atoms with Crippen molar-refractivity contribution < 1.29 is 0 Å². The van der Waals surface area contributed by atoms with E-state index in [2.05, 4.69) is 0 Å². The highest BCUT2D eigenvalue weighted by Crippen LogP contribution is 2.29. The van der Waals surface area contributed by atoms with Crippen molar-refractivity contribution in [2.24, 2.45) is 5.92 Å². The average Bonchev–Trinajstić information content (AvgIpc) is 2.21. The molecule has 0 atom stereocenters. The first-order chi connectivity index (χ1) is 2.93. The lowest BCUT2D eigenvalue weighted by Crippen LogP contribution is -1.53. The van der Waals surface area contributed by atoms with Gasteiger partial charge in [0.05, 0.1) is 0 Å². The van der Waals surface area contributed by atoms with E-state index in [1.54, 1.807) is 5.54 Å². The summed E-state index contributed by atoms with van der Waals surface area (Å²) in [7, 11) is 0. The molecule has 0 nitrogen and oxygen atoms in total. The van der Waals surface area contributed by atoms with Crippen LogP contribution in [0.15, 0.2) is 11.6 Å². The summed E-state index contributed by atoms with van der Waals surface area (Å²) >= 11 is 5.26. The van der Waals surface area contributed by atoms with Crippen LogP contribution >= 0.6 is 11.6 Å². The predicted octanol–water partition coefficient (Wildman–Crippen LogP) is 2.15. The number of hydrogen-bond acceptors (Lipinski definition) is 0. The molecule has 0 heterocycles. The molecule has 1 aliphatic rings. The van der Waals surface area contributed by atoms with Crippen molar-refractivity contribution in [2.45, 2.75) is 12.8 Å². The summed E-state index contributed by atoms with van der Waals surface area (Å²) < 4.78 is 0. The van der Waals surface area contributed by atoms with E-state index in [1.807, 2.05) is 6.08 Å². The van der Waals surface area contributed by atoms with E-state index >= 15 is 0 Å². The smallest absolute Gasteiger partial charge is 0.000525 e. The Bertz CT molecular complexity index is 62.3. The van der Waals surface area contributed by atoms with Crippen LogP contribution < -0.4 is 0 Å². The van der Waals surface area contributed by atoms with E-state index in [9.17, 15) is 0 Å². The molecule has 0 spiro atoms. The predicted molar refractivity (Wildman–Crippen MR) is 27.7 cm³/mol. The van der Waals surface area contributed by atoms with Crippen molar-refractivity contribution in [3.8, 4) is 0 Å². The third-order valence-electron chi connectivity index (χ3n) is 0.967. The van der Waals surface area contributed by atoms with Crippen molar-refractivity contribution in [3.63, 3.8) is 0 Å². The topological polar surface area (TPSA) is 0 Å². The second-order valence-electron chi connectivity index (χ2n) is 1.66. The summed E-state index contributed by atoms with van der Waals surface area (Å²) in [6.07, 6.45) is 4.74. The summed E-state index contributed by atoms with van der Waals surface area (Å²) in [6.45, 7) is 0. The fourth-order valence-corrected chi connectivity index (χ4v) is 0.597. The van der Waals surface area contributed by atoms with Gasteiger partial charge in [0.1, 0.15) is 0 Å². The normalized spacial score (nSPS) is 22.8. The van der Waals surface area contributed by atoms with Gasteiger partial charge in [-0.2, -0.15) is 0 Å². The highest BCUT2D eigenvalue weighted by molar-refractivity contribution is 6.25. The van der Waals surface area contributed by atoms with E-state index in [4.69, 9.17) is 11.6 Å². The quantitative estimate of drug-likeness (QED) is 0.476. The zero-order valence-electron chi connectivity index (χ0n) is 3.52. The molecule has 0 amide bonds. The molecule has 1 aliphatic carbocycles. The molecule has 0 N–H and O–H groups in total. The summed E-state index contributed by atoms with van der Waals surface area (Å²) in [5.74, 6) is 0.836. The number of halogens is 1. The van der Waals surface area contributed by atoms with Crippen LogP contribution in [0.25, 0.3) is 0 Å². The lowest BCUT2D eigenvalue weighted by Gasteiger charge is -1.67. The van der Waals surface area contributed by atoms with Crippen LogP contribution in [-0.2, 0) is 0 Å². The molecule has 0 aromatic rings. The first-order valence-corrected chi connectivity index (χ1v) is 2.64. The van der Waals surface area contributed by atoms with Crippen LogP contribution in [-0.4, -0.2) is 0 Å². The number of rotatable bonds is 1. The van der Waals surface area contributed by atoms with Crippen LogP contribution in [0.5, 0.6) is 0 Å². The maximum atomic E-state index is 5.26. The molecule has 1 heteroatoms. The molecule has 1 rings (SSSR count). The highest BCUT2D eigenvalue weighted by Gasteiger charge is 2.16. The molecule has 0 aromatic carbocycles. The van der Waals surface area contributed by atoms with E-state index in [-0.39, 0.29) is 0 Å². The van der Waals surface area contributed by atoms with E-state index in [0.29, 0.717) is 0 Å². The van der Waals surface area contributed by atoms with Gasteiger partial charge in [0.15, 0.2) is 0 Å². The van der Waals surface area contributed by atoms with Crippen LogP contribution in [0.4, 0.5) is 0 Å². The van der Waals surface area contributed by atoms with E-state index in [1.165, 1.54) is 12.8 Å². The van der Waals surface area contributed by atoms with Gasteiger partial charge in [0.25, 0.3) is 0 Å². The Labute approximate surface area is 42.8 Å². The third-order valence-corrected chi connectivity index (χ3v) is 1.11. The second-order valence-corrected chi connectivity index (χ2v) is 1.91. The Kier molecular flexibility index (Phi) is 1.16. The Balaban J connectivity index is 2.15. The Hall–Kier alpha value is 0.0300. The molecule has 1 fully saturated rings. The zero-order valence-corrected chi connectivity index (χ0v) is 4.28. The summed E-state index contributed by atoms with van der Waals surface area (Å²) in [5.41, 5.74) is 1.61. The second kappa shape index (κ2) is 1.65. The molecule has 0 radical (unpaired) electrons. The Morgan fingerprint density at radius 2 is 2.17 bits per heavy atom. The van der Waals surface area contributed by atoms with Crippen molar-refractivity contribution >= 4 is 11.6 Å². The minimum Gasteiger partial charge on any atom is -0.0933 e. The van der Waals surface area contributed by atoms with Gasteiger partial charge in [-0.05, 0) is 18.8 Å². The minimum absolute atomic E-state index is 0.836. The molecule has 6 heavy (non-hydrogen) atoms. The van der Waals surface area contributed by atoms with Crippen LogP contribution in [0, 0.1) is 5.92 Å². The summed E-state index contributed by atoms with van der Waals surface area (Å²) in [5, 5.41) is 0. The van der Waals surface area contributed by atoms with Crippen LogP contribution in [0.3, 0.4) is 0 Å². The summed E-state index contributed by atoms with van der Waals surface area (Å²) in [6, 6.07) is 0.